The van der Waals surface area contributed by atoms with Crippen molar-refractivity contribution in [1.29, 1.82) is 0 Å². The number of benzene rings is 1. The van der Waals surface area contributed by atoms with Crippen molar-refractivity contribution in [3.8, 4) is 0 Å². The van der Waals surface area contributed by atoms with Crippen LogP contribution in [0, 0.1) is 0 Å². The molecule has 0 aliphatic heterocycles. The first-order valence-corrected chi connectivity index (χ1v) is 6.91. The van der Waals surface area contributed by atoms with Crippen molar-refractivity contribution in [1.82, 2.24) is 9.88 Å². The van der Waals surface area contributed by atoms with Gasteiger partial charge in [-0.3, -0.25) is 9.78 Å². The number of rotatable bonds is 3. The van der Waals surface area contributed by atoms with Crippen LogP contribution in [0.25, 0.3) is 0 Å². The van der Waals surface area contributed by atoms with Gasteiger partial charge in [-0.25, -0.2) is 0 Å². The number of nitrogens with zero attached hydrogens (tertiary/aromatic N) is 2. The lowest BCUT2D eigenvalue weighted by molar-refractivity contribution is 0.0785. The standard InChI is InChI=1S/C14H11Cl3N2O/c1-19(8-9-2-3-10(15)6-12(9)16)14(20)11-4-5-18-7-13(11)17/h2-7H,8H2,1H3. The van der Waals surface area contributed by atoms with Gasteiger partial charge in [0.25, 0.3) is 5.91 Å². The average molecular weight is 330 g/mol. The van der Waals surface area contributed by atoms with Gasteiger partial charge in [-0.15, -0.1) is 0 Å². The molecule has 6 heteroatoms. The van der Waals surface area contributed by atoms with E-state index in [1.165, 1.54) is 17.3 Å². The van der Waals surface area contributed by atoms with E-state index in [-0.39, 0.29) is 5.91 Å². The molecule has 0 aliphatic carbocycles. The maximum atomic E-state index is 12.3. The highest BCUT2D eigenvalue weighted by molar-refractivity contribution is 6.35. The minimum Gasteiger partial charge on any atom is -0.337 e. The van der Waals surface area contributed by atoms with Gasteiger partial charge in [0.1, 0.15) is 0 Å². The predicted octanol–water partition coefficient (Wildman–Crippen LogP) is 4.31. The summed E-state index contributed by atoms with van der Waals surface area (Å²) >= 11 is 17.9. The van der Waals surface area contributed by atoms with Gasteiger partial charge in [0.05, 0.1) is 10.6 Å². The molecule has 2 rings (SSSR count). The van der Waals surface area contributed by atoms with Crippen LogP contribution in [-0.4, -0.2) is 22.8 Å². The summed E-state index contributed by atoms with van der Waals surface area (Å²) < 4.78 is 0. The largest absolute Gasteiger partial charge is 0.337 e. The Bertz CT molecular complexity index is 646. The van der Waals surface area contributed by atoms with Crippen LogP contribution in [0.2, 0.25) is 15.1 Å². The normalized spacial score (nSPS) is 10.4. The van der Waals surface area contributed by atoms with Crippen molar-refractivity contribution in [3.05, 3.63) is 62.9 Å². The van der Waals surface area contributed by atoms with Crippen LogP contribution in [-0.2, 0) is 6.54 Å². The van der Waals surface area contributed by atoms with Crippen molar-refractivity contribution in [2.24, 2.45) is 0 Å². The second kappa shape index (κ2) is 6.44. The summed E-state index contributed by atoms with van der Waals surface area (Å²) in [7, 11) is 1.68. The molecular weight excluding hydrogens is 319 g/mol. The highest BCUT2D eigenvalue weighted by Gasteiger charge is 2.16. The minimum absolute atomic E-state index is 0.191. The molecule has 0 spiro atoms. The van der Waals surface area contributed by atoms with E-state index in [4.69, 9.17) is 34.8 Å². The summed E-state index contributed by atoms with van der Waals surface area (Å²) in [5.74, 6) is -0.191. The molecule has 0 fully saturated rings. The molecule has 0 atom stereocenters. The molecule has 0 bridgehead atoms. The first kappa shape index (κ1) is 15.1. The van der Waals surface area contributed by atoms with Crippen LogP contribution < -0.4 is 0 Å². The lowest BCUT2D eigenvalue weighted by Gasteiger charge is -2.18. The quantitative estimate of drug-likeness (QED) is 0.840. The fourth-order valence-electron chi connectivity index (χ4n) is 1.73. The van der Waals surface area contributed by atoms with Gasteiger partial charge in [0.2, 0.25) is 0 Å². The number of hydrogen-bond acceptors (Lipinski definition) is 2. The monoisotopic (exact) mass is 328 g/mol. The second-order valence-electron chi connectivity index (χ2n) is 4.25. The molecule has 0 aliphatic rings. The minimum atomic E-state index is -0.191. The number of carbonyl (C=O) groups excluding carboxylic acids is 1. The van der Waals surface area contributed by atoms with Crippen LogP contribution in [0.5, 0.6) is 0 Å². The Balaban J connectivity index is 2.18. The molecule has 0 saturated carbocycles. The summed E-state index contributed by atoms with van der Waals surface area (Å²) in [5.41, 5.74) is 1.23. The van der Waals surface area contributed by atoms with Gasteiger partial charge >= 0.3 is 0 Å². The van der Waals surface area contributed by atoms with Crippen LogP contribution in [0.3, 0.4) is 0 Å². The molecule has 1 heterocycles. The Hall–Kier alpha value is -1.29. The summed E-state index contributed by atoms with van der Waals surface area (Å²) in [6.07, 6.45) is 2.97. The Kier molecular flexibility index (Phi) is 4.86. The second-order valence-corrected chi connectivity index (χ2v) is 5.50. The first-order valence-electron chi connectivity index (χ1n) is 5.78. The molecule has 3 nitrogen and oxygen atoms in total. The molecule has 0 saturated heterocycles. The highest BCUT2D eigenvalue weighted by atomic mass is 35.5. The molecule has 0 N–H and O–H groups in total. The molecule has 20 heavy (non-hydrogen) atoms. The van der Waals surface area contributed by atoms with Crippen molar-refractivity contribution in [2.45, 2.75) is 6.54 Å². The molecule has 104 valence electrons. The molecule has 0 radical (unpaired) electrons. The maximum Gasteiger partial charge on any atom is 0.255 e. The molecule has 1 amide bonds. The van der Waals surface area contributed by atoms with E-state index in [0.717, 1.165) is 5.56 Å². The van der Waals surface area contributed by atoms with Crippen molar-refractivity contribution in [3.63, 3.8) is 0 Å². The van der Waals surface area contributed by atoms with E-state index in [9.17, 15) is 4.79 Å². The summed E-state index contributed by atoms with van der Waals surface area (Å²) in [6.45, 7) is 0.369. The molecule has 0 unspecified atom stereocenters. The zero-order valence-electron chi connectivity index (χ0n) is 10.6. The fraction of sp³-hybridized carbons (Fsp3) is 0.143. The SMILES string of the molecule is CN(Cc1ccc(Cl)cc1Cl)C(=O)c1ccncc1Cl. The number of amides is 1. The number of halogens is 3. The number of pyridine rings is 1. The predicted molar refractivity (Wildman–Crippen MR) is 81.5 cm³/mol. The van der Waals surface area contributed by atoms with Crippen LogP contribution in [0.15, 0.2) is 36.7 Å². The van der Waals surface area contributed by atoms with Gasteiger partial charge in [-0.1, -0.05) is 40.9 Å². The zero-order chi connectivity index (χ0) is 14.7. The van der Waals surface area contributed by atoms with Crippen molar-refractivity contribution < 1.29 is 4.79 Å². The Morgan fingerprint density at radius 2 is 1.95 bits per heavy atom. The van der Waals surface area contributed by atoms with Gasteiger partial charge in [-0.05, 0) is 23.8 Å². The van der Waals surface area contributed by atoms with Gasteiger partial charge in [-0.2, -0.15) is 0 Å². The third kappa shape index (κ3) is 3.42. The van der Waals surface area contributed by atoms with E-state index in [1.54, 1.807) is 31.3 Å². The summed E-state index contributed by atoms with van der Waals surface area (Å²) in [4.78, 5) is 17.7. The summed E-state index contributed by atoms with van der Waals surface area (Å²) in [6, 6.07) is 6.77. The molecule has 2 aromatic rings. The van der Waals surface area contributed by atoms with E-state index >= 15 is 0 Å². The van der Waals surface area contributed by atoms with E-state index in [2.05, 4.69) is 4.98 Å². The van der Waals surface area contributed by atoms with Gasteiger partial charge in [0.15, 0.2) is 0 Å². The molecular formula is C14H11Cl3N2O. The van der Waals surface area contributed by atoms with Crippen molar-refractivity contribution >= 4 is 40.7 Å². The first-order chi connectivity index (χ1) is 9.49. The smallest absolute Gasteiger partial charge is 0.255 e. The highest BCUT2D eigenvalue weighted by Crippen LogP contribution is 2.23. The zero-order valence-corrected chi connectivity index (χ0v) is 12.9. The fourth-order valence-corrected chi connectivity index (χ4v) is 2.40. The summed E-state index contributed by atoms with van der Waals surface area (Å²) in [5, 5.41) is 1.41. The molecule has 1 aromatic heterocycles. The van der Waals surface area contributed by atoms with Crippen molar-refractivity contribution in [2.75, 3.05) is 7.05 Å². The Labute approximate surface area is 132 Å². The lowest BCUT2D eigenvalue weighted by Crippen LogP contribution is -2.26. The van der Waals surface area contributed by atoms with Gasteiger partial charge < -0.3 is 4.90 Å². The van der Waals surface area contributed by atoms with E-state index in [1.807, 2.05) is 0 Å². The number of carbonyl (C=O) groups is 1. The number of hydrogen-bond donors (Lipinski definition) is 0. The van der Waals surface area contributed by atoms with Crippen LogP contribution in [0.4, 0.5) is 0 Å². The third-order valence-corrected chi connectivity index (χ3v) is 3.66. The topological polar surface area (TPSA) is 33.2 Å². The Morgan fingerprint density at radius 1 is 1.20 bits per heavy atom. The van der Waals surface area contributed by atoms with E-state index in [0.29, 0.717) is 27.2 Å². The third-order valence-electron chi connectivity index (χ3n) is 2.77. The Morgan fingerprint density at radius 3 is 2.60 bits per heavy atom. The van der Waals surface area contributed by atoms with E-state index < -0.39 is 0 Å². The average Bonchev–Trinajstić information content (AvgIpc) is 2.41. The lowest BCUT2D eigenvalue weighted by atomic mass is 10.2. The van der Waals surface area contributed by atoms with Crippen LogP contribution in [0.1, 0.15) is 15.9 Å². The van der Waals surface area contributed by atoms with Gasteiger partial charge in [0, 0.05) is 36.0 Å². The molecule has 1 aromatic carbocycles. The number of aromatic nitrogens is 1. The maximum absolute atomic E-state index is 12.3. The van der Waals surface area contributed by atoms with Crippen LogP contribution >= 0.6 is 34.8 Å².